The lowest BCUT2D eigenvalue weighted by atomic mass is 9.96. The molecule has 0 atom stereocenters. The third-order valence-electron chi connectivity index (χ3n) is 8.43. The minimum Gasteiger partial charge on any atom is -0.310 e. The van der Waals surface area contributed by atoms with Gasteiger partial charge in [0.2, 0.25) is 0 Å². The van der Waals surface area contributed by atoms with Crippen molar-refractivity contribution in [2.75, 3.05) is 4.90 Å². The van der Waals surface area contributed by atoms with Gasteiger partial charge in [0, 0.05) is 17.1 Å². The quantitative estimate of drug-likeness (QED) is 0.194. The molecule has 0 bridgehead atoms. The summed E-state index contributed by atoms with van der Waals surface area (Å²) in [4.78, 5) is 2.35. The van der Waals surface area contributed by atoms with Gasteiger partial charge in [0.25, 0.3) is 0 Å². The van der Waals surface area contributed by atoms with Crippen LogP contribution >= 0.6 is 0 Å². The van der Waals surface area contributed by atoms with Gasteiger partial charge in [-0.25, -0.2) is 0 Å². The van der Waals surface area contributed by atoms with Gasteiger partial charge in [-0.1, -0.05) is 133 Å². The molecule has 0 saturated heterocycles. The van der Waals surface area contributed by atoms with E-state index in [0.29, 0.717) is 0 Å². The summed E-state index contributed by atoms with van der Waals surface area (Å²) in [5.74, 6) is 0. The lowest BCUT2D eigenvalue weighted by Gasteiger charge is -2.26. The van der Waals surface area contributed by atoms with Crippen LogP contribution in [0.25, 0.3) is 54.6 Å². The maximum absolute atomic E-state index is 2.35. The minimum absolute atomic E-state index is 1.12. The van der Waals surface area contributed by atoms with Crippen molar-refractivity contribution in [1.29, 1.82) is 0 Å². The Morgan fingerprint density at radius 1 is 0.256 bits per heavy atom. The molecule has 8 rings (SSSR count). The molecule has 0 saturated carbocycles. The second-order valence-corrected chi connectivity index (χ2v) is 11.0. The Morgan fingerprint density at radius 2 is 0.767 bits per heavy atom. The van der Waals surface area contributed by atoms with Crippen molar-refractivity contribution in [3.8, 4) is 22.3 Å². The summed E-state index contributed by atoms with van der Waals surface area (Å²) in [5.41, 5.74) is 8.26. The van der Waals surface area contributed by atoms with Gasteiger partial charge in [-0.15, -0.1) is 0 Å². The number of fused-ring (bicyclic) bond motifs is 5. The average molecular weight is 548 g/mol. The normalized spacial score (nSPS) is 11.3. The topological polar surface area (TPSA) is 3.24 Å². The Hall–Kier alpha value is -5.66. The number of benzene rings is 8. The molecule has 0 aromatic heterocycles. The van der Waals surface area contributed by atoms with Gasteiger partial charge in [0.15, 0.2) is 0 Å². The fraction of sp³-hybridized carbons (Fsp3) is 0. The molecule has 1 heteroatoms. The second-order valence-electron chi connectivity index (χ2n) is 11.0. The van der Waals surface area contributed by atoms with Crippen LogP contribution in [0, 0.1) is 0 Å². The number of rotatable bonds is 5. The summed E-state index contributed by atoms with van der Waals surface area (Å²) in [5, 5.41) is 7.63. The van der Waals surface area contributed by atoms with E-state index < -0.39 is 0 Å². The SMILES string of the molecule is c1ccc(-c2cccc(-c3ccc(N(c4ccccc4)c4ccc5ccc6c7ccccc7ccc6c5c4)cc3)c2)cc1. The van der Waals surface area contributed by atoms with Crippen molar-refractivity contribution in [3.63, 3.8) is 0 Å². The van der Waals surface area contributed by atoms with Gasteiger partial charge >= 0.3 is 0 Å². The Kier molecular flexibility index (Phi) is 6.20. The van der Waals surface area contributed by atoms with E-state index in [9.17, 15) is 0 Å². The number of nitrogens with zero attached hydrogens (tertiary/aromatic N) is 1. The minimum atomic E-state index is 1.12. The Morgan fingerprint density at radius 3 is 1.51 bits per heavy atom. The van der Waals surface area contributed by atoms with Crippen LogP contribution in [-0.2, 0) is 0 Å². The van der Waals surface area contributed by atoms with E-state index in [4.69, 9.17) is 0 Å². The van der Waals surface area contributed by atoms with Crippen LogP contribution in [0.5, 0.6) is 0 Å². The first kappa shape index (κ1) is 25.1. The van der Waals surface area contributed by atoms with E-state index in [2.05, 4.69) is 181 Å². The molecule has 1 nitrogen and oxygen atoms in total. The first-order valence-corrected chi connectivity index (χ1v) is 14.8. The molecular formula is C42H29N. The van der Waals surface area contributed by atoms with Gasteiger partial charge in [-0.3, -0.25) is 0 Å². The van der Waals surface area contributed by atoms with E-state index in [1.165, 1.54) is 54.6 Å². The van der Waals surface area contributed by atoms with Crippen molar-refractivity contribution in [3.05, 3.63) is 176 Å². The van der Waals surface area contributed by atoms with Crippen LogP contribution in [0.1, 0.15) is 0 Å². The second kappa shape index (κ2) is 10.6. The van der Waals surface area contributed by atoms with Crippen molar-refractivity contribution in [1.82, 2.24) is 0 Å². The maximum Gasteiger partial charge on any atom is 0.0468 e. The molecule has 202 valence electrons. The zero-order chi connectivity index (χ0) is 28.6. The molecule has 8 aromatic rings. The number of anilines is 3. The predicted molar refractivity (Wildman–Crippen MR) is 185 cm³/mol. The zero-order valence-corrected chi connectivity index (χ0v) is 23.7. The van der Waals surface area contributed by atoms with Gasteiger partial charge < -0.3 is 4.90 Å². The summed E-state index contributed by atoms with van der Waals surface area (Å²) in [6.45, 7) is 0. The molecule has 0 radical (unpaired) electrons. The summed E-state index contributed by atoms with van der Waals surface area (Å²) < 4.78 is 0. The summed E-state index contributed by atoms with van der Waals surface area (Å²) in [6.07, 6.45) is 0. The van der Waals surface area contributed by atoms with E-state index in [1.807, 2.05) is 0 Å². The molecular weight excluding hydrogens is 518 g/mol. The van der Waals surface area contributed by atoms with E-state index in [0.717, 1.165) is 17.1 Å². The molecule has 8 aromatic carbocycles. The maximum atomic E-state index is 2.35. The lowest BCUT2D eigenvalue weighted by Crippen LogP contribution is -2.09. The molecule has 0 aliphatic heterocycles. The van der Waals surface area contributed by atoms with E-state index in [-0.39, 0.29) is 0 Å². The van der Waals surface area contributed by atoms with Gasteiger partial charge in [0.05, 0.1) is 0 Å². The third-order valence-corrected chi connectivity index (χ3v) is 8.43. The van der Waals surface area contributed by atoms with Crippen molar-refractivity contribution in [2.45, 2.75) is 0 Å². The molecule has 0 aliphatic rings. The molecule has 0 N–H and O–H groups in total. The van der Waals surface area contributed by atoms with Crippen LogP contribution in [0.2, 0.25) is 0 Å². The summed E-state index contributed by atoms with van der Waals surface area (Å²) >= 11 is 0. The summed E-state index contributed by atoms with van der Waals surface area (Å²) in [6, 6.07) is 63.4. The Balaban J connectivity index is 1.23. The van der Waals surface area contributed by atoms with Gasteiger partial charge in [0.1, 0.15) is 0 Å². The van der Waals surface area contributed by atoms with Crippen LogP contribution in [0.15, 0.2) is 176 Å². The molecule has 0 spiro atoms. The Bertz CT molecular complexity index is 2220. The monoisotopic (exact) mass is 547 g/mol. The van der Waals surface area contributed by atoms with Gasteiger partial charge in [-0.2, -0.15) is 0 Å². The van der Waals surface area contributed by atoms with Crippen molar-refractivity contribution >= 4 is 49.4 Å². The highest BCUT2D eigenvalue weighted by Crippen LogP contribution is 2.39. The van der Waals surface area contributed by atoms with Crippen molar-refractivity contribution < 1.29 is 0 Å². The molecule has 0 amide bonds. The molecule has 0 fully saturated rings. The highest BCUT2D eigenvalue weighted by Gasteiger charge is 2.14. The largest absolute Gasteiger partial charge is 0.310 e. The van der Waals surface area contributed by atoms with Crippen LogP contribution in [0.3, 0.4) is 0 Å². The fourth-order valence-corrected chi connectivity index (χ4v) is 6.28. The van der Waals surface area contributed by atoms with Crippen LogP contribution in [0.4, 0.5) is 17.1 Å². The highest BCUT2D eigenvalue weighted by atomic mass is 15.1. The number of para-hydroxylation sites is 1. The number of hydrogen-bond donors (Lipinski definition) is 0. The first-order valence-electron chi connectivity index (χ1n) is 14.8. The molecule has 0 unspecified atom stereocenters. The lowest BCUT2D eigenvalue weighted by molar-refractivity contribution is 1.29. The van der Waals surface area contributed by atoms with E-state index >= 15 is 0 Å². The van der Waals surface area contributed by atoms with Crippen LogP contribution < -0.4 is 4.90 Å². The highest BCUT2D eigenvalue weighted by molar-refractivity contribution is 6.17. The Labute approximate surface area is 251 Å². The smallest absolute Gasteiger partial charge is 0.0468 e. The van der Waals surface area contributed by atoms with Crippen molar-refractivity contribution in [2.24, 2.45) is 0 Å². The van der Waals surface area contributed by atoms with E-state index in [1.54, 1.807) is 0 Å². The molecule has 43 heavy (non-hydrogen) atoms. The van der Waals surface area contributed by atoms with Crippen LogP contribution in [-0.4, -0.2) is 0 Å². The standard InChI is InChI=1S/C42H29N/c1-3-10-30(11-4-1)34-13-9-14-35(28-34)31-18-23-37(24-19-31)43(36-15-5-2-6-16-36)38-25-20-33-22-26-40-39-17-8-7-12-32(39)21-27-41(40)42(33)29-38/h1-29H. The zero-order valence-electron chi connectivity index (χ0n) is 23.7. The third kappa shape index (κ3) is 4.62. The molecule has 0 heterocycles. The number of hydrogen-bond acceptors (Lipinski definition) is 1. The fourth-order valence-electron chi connectivity index (χ4n) is 6.28. The first-order chi connectivity index (χ1) is 21.3. The predicted octanol–water partition coefficient (Wildman–Crippen LogP) is 11.9. The summed E-state index contributed by atoms with van der Waals surface area (Å²) in [7, 11) is 0. The molecule has 0 aliphatic carbocycles. The average Bonchev–Trinajstić information content (AvgIpc) is 3.09. The van der Waals surface area contributed by atoms with Gasteiger partial charge in [-0.05, 0) is 97.0 Å².